The molecule has 1 unspecified atom stereocenters. The molecule has 4 rings (SSSR count). The Morgan fingerprint density at radius 1 is 1.20 bits per heavy atom. The van der Waals surface area contributed by atoms with Crippen LogP contribution in [0.25, 0.3) is 5.76 Å². The van der Waals surface area contributed by atoms with Gasteiger partial charge in [-0.3, -0.25) is 14.5 Å². The van der Waals surface area contributed by atoms with E-state index in [4.69, 9.17) is 9.47 Å². The molecular formula is C26H22N2O6S. The third-order valence-corrected chi connectivity index (χ3v) is 6.55. The monoisotopic (exact) mass is 490 g/mol. The number of carbonyl (C=O) groups excluding carboxylic acids is 3. The molecule has 9 heteroatoms. The zero-order chi connectivity index (χ0) is 25.1. The molecule has 1 fully saturated rings. The number of nitrogens with zero attached hydrogens (tertiary/aromatic N) is 2. The topological polar surface area (TPSA) is 106 Å². The van der Waals surface area contributed by atoms with Crippen molar-refractivity contribution in [3.8, 4) is 5.75 Å². The van der Waals surface area contributed by atoms with Crippen LogP contribution in [0.15, 0.2) is 72.8 Å². The number of hydrogen-bond donors (Lipinski definition) is 1. The van der Waals surface area contributed by atoms with E-state index in [9.17, 15) is 19.5 Å². The van der Waals surface area contributed by atoms with Crippen molar-refractivity contribution < 1.29 is 29.0 Å². The van der Waals surface area contributed by atoms with Gasteiger partial charge in [-0.25, -0.2) is 9.78 Å². The minimum absolute atomic E-state index is 0.0283. The molecule has 8 nitrogen and oxygen atoms in total. The number of anilines is 1. The molecule has 1 aliphatic heterocycles. The van der Waals surface area contributed by atoms with Crippen molar-refractivity contribution in [2.75, 3.05) is 18.6 Å². The molecule has 0 aliphatic carbocycles. The maximum Gasteiger partial charge on any atom is 0.350 e. The van der Waals surface area contributed by atoms with Gasteiger partial charge in [0.15, 0.2) is 5.13 Å². The van der Waals surface area contributed by atoms with Crippen LogP contribution in [0.4, 0.5) is 5.13 Å². The number of thiazole rings is 1. The SMILES string of the molecule is C=CCOC(=O)c1sc(N2C(=O)C(=O)/C(=C(/O)c3cccc(OC)c3)C2c2ccccc2)nc1C. The molecule has 0 spiro atoms. The lowest BCUT2D eigenvalue weighted by molar-refractivity contribution is -0.132. The highest BCUT2D eigenvalue weighted by Gasteiger charge is 2.48. The number of benzene rings is 2. The molecule has 1 amide bonds. The van der Waals surface area contributed by atoms with Crippen LogP contribution in [-0.2, 0) is 14.3 Å². The molecule has 3 aromatic rings. The van der Waals surface area contributed by atoms with E-state index in [0.29, 0.717) is 22.6 Å². The number of Topliss-reactive ketones (excluding diaryl/α,β-unsaturated/α-hetero) is 1. The minimum atomic E-state index is -0.954. The quantitative estimate of drug-likeness (QED) is 0.172. The van der Waals surface area contributed by atoms with Crippen molar-refractivity contribution >= 4 is 39.9 Å². The summed E-state index contributed by atoms with van der Waals surface area (Å²) in [6.45, 7) is 5.17. The molecular weight excluding hydrogens is 468 g/mol. The van der Waals surface area contributed by atoms with Gasteiger partial charge in [0.25, 0.3) is 5.78 Å². The van der Waals surface area contributed by atoms with Crippen LogP contribution in [0.2, 0.25) is 0 Å². The number of ether oxygens (including phenoxy) is 2. The van der Waals surface area contributed by atoms with Crippen molar-refractivity contribution in [1.82, 2.24) is 4.98 Å². The molecule has 35 heavy (non-hydrogen) atoms. The fourth-order valence-corrected chi connectivity index (χ4v) is 4.77. The summed E-state index contributed by atoms with van der Waals surface area (Å²) < 4.78 is 10.3. The molecule has 0 saturated carbocycles. The number of aliphatic hydroxyl groups excluding tert-OH is 1. The fraction of sp³-hybridized carbons (Fsp3) is 0.154. The van der Waals surface area contributed by atoms with Gasteiger partial charge in [-0.1, -0.05) is 66.5 Å². The van der Waals surface area contributed by atoms with Gasteiger partial charge in [-0.05, 0) is 24.6 Å². The predicted molar refractivity (Wildman–Crippen MR) is 132 cm³/mol. The first-order valence-corrected chi connectivity index (χ1v) is 11.4. The Bertz CT molecular complexity index is 1340. The summed E-state index contributed by atoms with van der Waals surface area (Å²) in [5.74, 6) is -2.17. The zero-order valence-electron chi connectivity index (χ0n) is 19.1. The molecule has 1 atom stereocenters. The number of methoxy groups -OCH3 is 1. The highest BCUT2D eigenvalue weighted by atomic mass is 32.1. The average Bonchev–Trinajstić information content (AvgIpc) is 3.39. The van der Waals surface area contributed by atoms with Crippen LogP contribution in [0, 0.1) is 6.92 Å². The van der Waals surface area contributed by atoms with Crippen molar-refractivity contribution in [1.29, 1.82) is 0 Å². The lowest BCUT2D eigenvalue weighted by Crippen LogP contribution is -2.29. The van der Waals surface area contributed by atoms with Gasteiger partial charge in [-0.15, -0.1) is 0 Å². The Hall–Kier alpha value is -4.24. The van der Waals surface area contributed by atoms with Crippen LogP contribution in [-0.4, -0.2) is 41.5 Å². The van der Waals surface area contributed by atoms with Crippen LogP contribution >= 0.6 is 11.3 Å². The third kappa shape index (κ3) is 4.45. The molecule has 1 N–H and O–H groups in total. The normalized spacial score (nSPS) is 16.9. The molecule has 0 bridgehead atoms. The number of rotatable bonds is 7. The number of ketones is 1. The zero-order valence-corrected chi connectivity index (χ0v) is 19.9. The Kier molecular flexibility index (Phi) is 6.79. The van der Waals surface area contributed by atoms with E-state index in [1.165, 1.54) is 18.1 Å². The minimum Gasteiger partial charge on any atom is -0.507 e. The third-order valence-electron chi connectivity index (χ3n) is 5.41. The van der Waals surface area contributed by atoms with Crippen LogP contribution in [0.3, 0.4) is 0 Å². The van der Waals surface area contributed by atoms with Gasteiger partial charge in [0.2, 0.25) is 0 Å². The highest BCUT2D eigenvalue weighted by Crippen LogP contribution is 2.44. The summed E-state index contributed by atoms with van der Waals surface area (Å²) in [7, 11) is 1.49. The number of aryl methyl sites for hydroxylation is 1. The molecule has 0 radical (unpaired) electrons. The Morgan fingerprint density at radius 2 is 1.94 bits per heavy atom. The summed E-state index contributed by atoms with van der Waals surface area (Å²) in [5.41, 5.74) is 1.20. The Morgan fingerprint density at radius 3 is 2.63 bits per heavy atom. The smallest absolute Gasteiger partial charge is 0.350 e. The fourth-order valence-electron chi connectivity index (χ4n) is 3.78. The second kappa shape index (κ2) is 9.94. The van der Waals surface area contributed by atoms with E-state index in [1.807, 2.05) is 0 Å². The number of esters is 1. The summed E-state index contributed by atoms with van der Waals surface area (Å²) in [4.78, 5) is 44.8. The van der Waals surface area contributed by atoms with E-state index in [0.717, 1.165) is 11.3 Å². The second-order valence-electron chi connectivity index (χ2n) is 7.61. The molecule has 178 valence electrons. The summed E-state index contributed by atoms with van der Waals surface area (Å²) >= 11 is 0.944. The molecule has 2 aromatic carbocycles. The molecule has 1 aromatic heterocycles. The molecule has 1 aliphatic rings. The number of aliphatic hydroxyl groups is 1. The lowest BCUT2D eigenvalue weighted by Gasteiger charge is -2.23. The standard InChI is InChI=1S/C26H22N2O6S/c1-4-13-34-25(32)23-15(2)27-26(35-23)28-20(16-9-6-5-7-10-16)19(22(30)24(28)31)21(29)17-11-8-12-18(14-17)33-3/h4-12,14,20,29H,1,13H2,2-3H3/b21-19+. The van der Waals surface area contributed by atoms with E-state index in [-0.39, 0.29) is 27.9 Å². The summed E-state index contributed by atoms with van der Waals surface area (Å²) in [6.07, 6.45) is 1.45. The Labute approximate surface area is 205 Å². The maximum absolute atomic E-state index is 13.3. The largest absolute Gasteiger partial charge is 0.507 e. The van der Waals surface area contributed by atoms with Gasteiger partial charge in [0.1, 0.15) is 23.0 Å². The number of hydrogen-bond acceptors (Lipinski definition) is 8. The average molecular weight is 491 g/mol. The van der Waals surface area contributed by atoms with Crippen LogP contribution in [0.1, 0.15) is 32.5 Å². The van der Waals surface area contributed by atoms with Crippen molar-refractivity contribution in [3.05, 3.63) is 94.5 Å². The van der Waals surface area contributed by atoms with Gasteiger partial charge in [0, 0.05) is 5.56 Å². The maximum atomic E-state index is 13.3. The number of aromatic nitrogens is 1. The van der Waals surface area contributed by atoms with Gasteiger partial charge in [0.05, 0.1) is 24.4 Å². The second-order valence-corrected chi connectivity index (χ2v) is 8.59. The predicted octanol–water partition coefficient (Wildman–Crippen LogP) is 4.43. The first kappa shape index (κ1) is 23.9. The van der Waals surface area contributed by atoms with Crippen molar-refractivity contribution in [2.24, 2.45) is 0 Å². The Balaban J connectivity index is 1.87. The first-order chi connectivity index (χ1) is 16.9. The first-order valence-electron chi connectivity index (χ1n) is 10.6. The highest BCUT2D eigenvalue weighted by molar-refractivity contribution is 7.17. The summed E-state index contributed by atoms with van der Waals surface area (Å²) in [5, 5.41) is 11.3. The molecule has 2 heterocycles. The van der Waals surface area contributed by atoms with E-state index < -0.39 is 23.7 Å². The van der Waals surface area contributed by atoms with Crippen molar-refractivity contribution in [3.63, 3.8) is 0 Å². The summed E-state index contributed by atoms with van der Waals surface area (Å²) in [6, 6.07) is 14.5. The van der Waals surface area contributed by atoms with Gasteiger partial charge >= 0.3 is 11.9 Å². The van der Waals surface area contributed by atoms with Gasteiger partial charge < -0.3 is 14.6 Å². The van der Waals surface area contributed by atoms with Crippen molar-refractivity contribution in [2.45, 2.75) is 13.0 Å². The van der Waals surface area contributed by atoms with Crippen LogP contribution < -0.4 is 9.64 Å². The van der Waals surface area contributed by atoms with Gasteiger partial charge in [-0.2, -0.15) is 0 Å². The van der Waals surface area contributed by atoms with E-state index in [2.05, 4.69) is 11.6 Å². The molecule has 1 saturated heterocycles. The number of amides is 1. The van der Waals surface area contributed by atoms with Crippen LogP contribution in [0.5, 0.6) is 5.75 Å². The van der Waals surface area contributed by atoms with E-state index in [1.54, 1.807) is 61.5 Å². The lowest BCUT2D eigenvalue weighted by atomic mass is 9.95. The van der Waals surface area contributed by atoms with E-state index >= 15 is 0 Å². The number of carbonyl (C=O) groups is 3.